The largest absolute Gasteiger partial charge is 0.378 e. The molecule has 5 heteroatoms. The first kappa shape index (κ1) is 13.9. The van der Waals surface area contributed by atoms with Crippen molar-refractivity contribution in [3.8, 4) is 0 Å². The number of hydrogen-bond acceptors (Lipinski definition) is 5. The Bertz CT molecular complexity index is 348. The predicted octanol–water partition coefficient (Wildman–Crippen LogP) is 2.40. The molecule has 0 aromatic carbocycles. The fourth-order valence-electron chi connectivity index (χ4n) is 2.07. The summed E-state index contributed by atoms with van der Waals surface area (Å²) in [4.78, 5) is 0. The Hall–Kier alpha value is -0.520. The van der Waals surface area contributed by atoms with Gasteiger partial charge in [0.1, 0.15) is 10.0 Å². The number of nitrogens with zero attached hydrogens (tertiary/aromatic N) is 2. The van der Waals surface area contributed by atoms with Crippen molar-refractivity contribution in [3.63, 3.8) is 0 Å². The molecule has 0 bridgehead atoms. The summed E-state index contributed by atoms with van der Waals surface area (Å²) in [7, 11) is 0. The summed E-state index contributed by atoms with van der Waals surface area (Å²) < 4.78 is 5.73. The van der Waals surface area contributed by atoms with Gasteiger partial charge < -0.3 is 10.1 Å². The van der Waals surface area contributed by atoms with E-state index >= 15 is 0 Å². The molecular weight excluding hydrogens is 246 g/mol. The summed E-state index contributed by atoms with van der Waals surface area (Å²) in [5.41, 5.74) is 0. The van der Waals surface area contributed by atoms with Gasteiger partial charge in [0.05, 0.1) is 6.10 Å². The molecule has 0 radical (unpaired) electrons. The monoisotopic (exact) mass is 269 g/mol. The molecule has 18 heavy (non-hydrogen) atoms. The van der Waals surface area contributed by atoms with E-state index in [1.165, 1.54) is 19.3 Å². The van der Waals surface area contributed by atoms with Crippen LogP contribution < -0.4 is 5.32 Å². The predicted molar refractivity (Wildman–Crippen MR) is 73.7 cm³/mol. The minimum atomic E-state index is 0.364. The molecule has 0 spiro atoms. The first-order chi connectivity index (χ1) is 8.74. The van der Waals surface area contributed by atoms with E-state index in [9.17, 15) is 0 Å². The third kappa shape index (κ3) is 4.63. The van der Waals surface area contributed by atoms with Crippen LogP contribution in [-0.2, 0) is 17.7 Å². The molecule has 0 saturated carbocycles. The van der Waals surface area contributed by atoms with Crippen molar-refractivity contribution in [2.45, 2.75) is 52.2 Å². The maximum absolute atomic E-state index is 5.73. The normalized spacial score (nSPS) is 20.5. The smallest absolute Gasteiger partial charge is 0.131 e. The van der Waals surface area contributed by atoms with Crippen molar-refractivity contribution in [2.75, 3.05) is 13.2 Å². The van der Waals surface area contributed by atoms with Crippen LogP contribution >= 0.6 is 11.3 Å². The van der Waals surface area contributed by atoms with E-state index in [0.29, 0.717) is 12.0 Å². The maximum Gasteiger partial charge on any atom is 0.131 e. The van der Waals surface area contributed by atoms with Gasteiger partial charge in [-0.25, -0.2) is 0 Å². The molecule has 4 nitrogen and oxygen atoms in total. The molecule has 1 aliphatic rings. The van der Waals surface area contributed by atoms with Gasteiger partial charge >= 0.3 is 0 Å². The van der Waals surface area contributed by atoms with Crippen molar-refractivity contribution < 1.29 is 4.74 Å². The Labute approximate surface area is 113 Å². The molecule has 0 amide bonds. The van der Waals surface area contributed by atoms with E-state index in [4.69, 9.17) is 4.74 Å². The lowest BCUT2D eigenvalue weighted by atomic mass is 10.1. The third-order valence-electron chi connectivity index (χ3n) is 3.01. The topological polar surface area (TPSA) is 47.0 Å². The van der Waals surface area contributed by atoms with Gasteiger partial charge in [0.2, 0.25) is 0 Å². The zero-order valence-corrected chi connectivity index (χ0v) is 12.1. The fraction of sp³-hybridized carbons (Fsp3) is 0.846. The van der Waals surface area contributed by atoms with Gasteiger partial charge in [0.15, 0.2) is 0 Å². The lowest BCUT2D eigenvalue weighted by Gasteiger charge is -2.21. The van der Waals surface area contributed by atoms with Gasteiger partial charge in [-0.1, -0.05) is 13.8 Å². The van der Waals surface area contributed by atoms with E-state index in [-0.39, 0.29) is 0 Å². The van der Waals surface area contributed by atoms with E-state index in [0.717, 1.165) is 36.1 Å². The van der Waals surface area contributed by atoms with Crippen molar-refractivity contribution >= 4 is 11.3 Å². The summed E-state index contributed by atoms with van der Waals surface area (Å²) in [5.74, 6) is 0.674. The SMILES string of the molecule is CC(C)CNCc1nnc(CC2CCCCO2)s1. The van der Waals surface area contributed by atoms with E-state index in [1.54, 1.807) is 11.3 Å². The summed E-state index contributed by atoms with van der Waals surface area (Å²) >= 11 is 1.71. The molecule has 2 rings (SSSR count). The van der Waals surface area contributed by atoms with Gasteiger partial charge in [-0.05, 0) is 31.7 Å². The van der Waals surface area contributed by atoms with Crippen LogP contribution in [0.5, 0.6) is 0 Å². The van der Waals surface area contributed by atoms with E-state index < -0.39 is 0 Å². The minimum Gasteiger partial charge on any atom is -0.378 e. The molecular formula is C13H23N3OS. The fourth-order valence-corrected chi connectivity index (χ4v) is 2.95. The molecule has 1 atom stereocenters. The van der Waals surface area contributed by atoms with Crippen molar-refractivity contribution in [1.82, 2.24) is 15.5 Å². The zero-order chi connectivity index (χ0) is 12.8. The van der Waals surface area contributed by atoms with Gasteiger partial charge in [0, 0.05) is 19.6 Å². The first-order valence-corrected chi connectivity index (χ1v) is 7.69. The van der Waals surface area contributed by atoms with Gasteiger partial charge in [-0.3, -0.25) is 0 Å². The first-order valence-electron chi connectivity index (χ1n) is 6.87. The van der Waals surface area contributed by atoms with Gasteiger partial charge in [-0.15, -0.1) is 21.5 Å². The Morgan fingerprint density at radius 3 is 2.89 bits per heavy atom. The van der Waals surface area contributed by atoms with Crippen LogP contribution in [0.2, 0.25) is 0 Å². The van der Waals surface area contributed by atoms with E-state index in [1.807, 2.05) is 0 Å². The van der Waals surface area contributed by atoms with Crippen LogP contribution in [0.3, 0.4) is 0 Å². The second-order valence-corrected chi connectivity index (χ2v) is 6.45. The summed E-state index contributed by atoms with van der Waals surface area (Å²) in [6, 6.07) is 0. The van der Waals surface area contributed by atoms with Gasteiger partial charge in [-0.2, -0.15) is 0 Å². The Morgan fingerprint density at radius 1 is 1.33 bits per heavy atom. The number of nitrogens with one attached hydrogen (secondary N) is 1. The van der Waals surface area contributed by atoms with Crippen LogP contribution in [-0.4, -0.2) is 29.5 Å². The molecule has 1 fully saturated rings. The Balaban J connectivity index is 1.74. The number of rotatable bonds is 6. The number of aromatic nitrogens is 2. The maximum atomic E-state index is 5.73. The second kappa shape index (κ2) is 7.16. The minimum absolute atomic E-state index is 0.364. The van der Waals surface area contributed by atoms with Crippen LogP contribution in [0.1, 0.15) is 43.1 Å². The Kier molecular flexibility index (Phi) is 5.53. The molecule has 1 aromatic rings. The average molecular weight is 269 g/mol. The van der Waals surface area contributed by atoms with Gasteiger partial charge in [0.25, 0.3) is 0 Å². The molecule has 1 N–H and O–H groups in total. The molecule has 2 heterocycles. The Morgan fingerprint density at radius 2 is 2.17 bits per heavy atom. The summed E-state index contributed by atoms with van der Waals surface area (Å²) in [5, 5.41) is 14.1. The highest BCUT2D eigenvalue weighted by Gasteiger charge is 2.16. The average Bonchev–Trinajstić information content (AvgIpc) is 2.78. The lowest BCUT2D eigenvalue weighted by molar-refractivity contribution is 0.0167. The molecule has 1 saturated heterocycles. The highest BCUT2D eigenvalue weighted by molar-refractivity contribution is 7.11. The van der Waals surface area contributed by atoms with Crippen molar-refractivity contribution in [3.05, 3.63) is 10.0 Å². The standard InChI is InChI=1S/C13H23N3OS/c1-10(2)8-14-9-13-16-15-12(18-13)7-11-5-3-4-6-17-11/h10-11,14H,3-9H2,1-2H3. The third-order valence-corrected chi connectivity index (χ3v) is 3.96. The van der Waals surface area contributed by atoms with E-state index in [2.05, 4.69) is 29.4 Å². The zero-order valence-electron chi connectivity index (χ0n) is 11.3. The number of hydrogen-bond donors (Lipinski definition) is 1. The molecule has 0 aliphatic carbocycles. The van der Waals surface area contributed by atoms with Crippen LogP contribution in [0.25, 0.3) is 0 Å². The molecule has 1 aliphatic heterocycles. The van der Waals surface area contributed by atoms with Crippen LogP contribution in [0.15, 0.2) is 0 Å². The molecule has 1 aromatic heterocycles. The highest BCUT2D eigenvalue weighted by Crippen LogP contribution is 2.19. The van der Waals surface area contributed by atoms with Crippen LogP contribution in [0, 0.1) is 5.92 Å². The molecule has 102 valence electrons. The lowest BCUT2D eigenvalue weighted by Crippen LogP contribution is -2.21. The quantitative estimate of drug-likeness (QED) is 0.861. The highest BCUT2D eigenvalue weighted by atomic mass is 32.1. The summed E-state index contributed by atoms with van der Waals surface area (Å²) in [6.07, 6.45) is 4.95. The van der Waals surface area contributed by atoms with Crippen molar-refractivity contribution in [2.24, 2.45) is 5.92 Å². The summed E-state index contributed by atoms with van der Waals surface area (Å²) in [6.45, 7) is 7.19. The van der Waals surface area contributed by atoms with Crippen LogP contribution in [0.4, 0.5) is 0 Å². The second-order valence-electron chi connectivity index (χ2n) is 5.31. The van der Waals surface area contributed by atoms with Crippen molar-refractivity contribution in [1.29, 1.82) is 0 Å². The number of ether oxygens (including phenoxy) is 1. The molecule has 1 unspecified atom stereocenters.